The van der Waals surface area contributed by atoms with Crippen molar-refractivity contribution in [2.75, 3.05) is 19.8 Å². The van der Waals surface area contributed by atoms with E-state index in [0.29, 0.717) is 18.6 Å². The van der Waals surface area contributed by atoms with Gasteiger partial charge in [0.2, 0.25) is 0 Å². The van der Waals surface area contributed by atoms with Gasteiger partial charge in [0.1, 0.15) is 0 Å². The van der Waals surface area contributed by atoms with Gasteiger partial charge in [-0.15, -0.1) is 0 Å². The third kappa shape index (κ3) is 2.87. The van der Waals surface area contributed by atoms with Gasteiger partial charge in [0.15, 0.2) is 0 Å². The van der Waals surface area contributed by atoms with Crippen molar-refractivity contribution in [2.24, 2.45) is 11.3 Å². The summed E-state index contributed by atoms with van der Waals surface area (Å²) in [6.07, 6.45) is 6.79. The van der Waals surface area contributed by atoms with Crippen LogP contribution in [0.4, 0.5) is 4.79 Å². The highest BCUT2D eigenvalue weighted by atomic mass is 16.5. The Balaban J connectivity index is 1.46. The van der Waals surface area contributed by atoms with Crippen LogP contribution in [0.2, 0.25) is 0 Å². The van der Waals surface area contributed by atoms with Gasteiger partial charge in [-0.3, -0.25) is 0 Å². The van der Waals surface area contributed by atoms with Crippen LogP contribution in [-0.2, 0) is 4.74 Å². The molecule has 0 aromatic rings. The Kier molecular flexibility index (Phi) is 3.67. The molecule has 3 N–H and O–H groups in total. The number of fused-ring (bicyclic) bond motifs is 1. The van der Waals surface area contributed by atoms with E-state index in [-0.39, 0.29) is 24.1 Å². The zero-order valence-electron chi connectivity index (χ0n) is 11.4. The van der Waals surface area contributed by atoms with E-state index in [2.05, 4.69) is 10.6 Å². The maximum Gasteiger partial charge on any atom is 0.315 e. The second-order valence-corrected chi connectivity index (χ2v) is 6.38. The average Bonchev–Trinajstić information content (AvgIpc) is 3.05. The Morgan fingerprint density at radius 2 is 2.16 bits per heavy atom. The van der Waals surface area contributed by atoms with Gasteiger partial charge in [0, 0.05) is 30.5 Å². The van der Waals surface area contributed by atoms with Crippen molar-refractivity contribution in [1.29, 1.82) is 0 Å². The monoisotopic (exact) mass is 268 g/mol. The van der Waals surface area contributed by atoms with Crippen LogP contribution in [0.5, 0.6) is 0 Å². The first kappa shape index (κ1) is 13.2. The fraction of sp³-hybridized carbons (Fsp3) is 0.929. The summed E-state index contributed by atoms with van der Waals surface area (Å²) in [5.74, 6) is 0.493. The van der Waals surface area contributed by atoms with Crippen LogP contribution in [0, 0.1) is 11.3 Å². The number of hydrogen-bond donors (Lipinski definition) is 3. The van der Waals surface area contributed by atoms with Crippen LogP contribution in [0.25, 0.3) is 0 Å². The van der Waals surface area contributed by atoms with Crippen LogP contribution >= 0.6 is 0 Å². The zero-order valence-corrected chi connectivity index (χ0v) is 11.4. The molecule has 3 rings (SSSR count). The second-order valence-electron chi connectivity index (χ2n) is 6.38. The summed E-state index contributed by atoms with van der Waals surface area (Å²) < 4.78 is 5.71. The SMILES string of the molecule is O=C(NCC1(CO)CC1)NC1CCCC2OCCC12. The van der Waals surface area contributed by atoms with E-state index < -0.39 is 0 Å². The van der Waals surface area contributed by atoms with Crippen molar-refractivity contribution in [2.45, 2.75) is 50.7 Å². The largest absolute Gasteiger partial charge is 0.396 e. The van der Waals surface area contributed by atoms with Gasteiger partial charge in [-0.05, 0) is 38.5 Å². The van der Waals surface area contributed by atoms with Crippen LogP contribution < -0.4 is 10.6 Å². The maximum atomic E-state index is 11.9. The minimum Gasteiger partial charge on any atom is -0.396 e. The van der Waals surface area contributed by atoms with E-state index in [1.165, 1.54) is 0 Å². The molecule has 1 aliphatic heterocycles. The van der Waals surface area contributed by atoms with Crippen molar-refractivity contribution >= 4 is 6.03 Å². The molecule has 19 heavy (non-hydrogen) atoms. The second kappa shape index (κ2) is 5.29. The van der Waals surface area contributed by atoms with Gasteiger partial charge in [-0.1, -0.05) is 0 Å². The van der Waals surface area contributed by atoms with Gasteiger partial charge < -0.3 is 20.5 Å². The minimum absolute atomic E-state index is 0.0249. The van der Waals surface area contributed by atoms with Gasteiger partial charge in [-0.25, -0.2) is 4.79 Å². The number of ether oxygens (including phenoxy) is 1. The molecule has 3 atom stereocenters. The number of aliphatic hydroxyl groups is 1. The number of amides is 2. The van der Waals surface area contributed by atoms with E-state index in [0.717, 1.165) is 45.1 Å². The maximum absolute atomic E-state index is 11.9. The molecule has 0 spiro atoms. The van der Waals surface area contributed by atoms with Crippen LogP contribution in [0.15, 0.2) is 0 Å². The molecule has 1 heterocycles. The van der Waals surface area contributed by atoms with E-state index in [1.807, 2.05) is 0 Å². The van der Waals surface area contributed by atoms with Crippen molar-refractivity contribution in [1.82, 2.24) is 10.6 Å². The molecule has 0 aromatic heterocycles. The zero-order chi connectivity index (χ0) is 13.3. The van der Waals surface area contributed by atoms with Crippen LogP contribution in [0.3, 0.4) is 0 Å². The topological polar surface area (TPSA) is 70.6 Å². The molecule has 0 bridgehead atoms. The molecule has 5 nitrogen and oxygen atoms in total. The fourth-order valence-corrected chi connectivity index (χ4v) is 3.41. The Bertz CT molecular complexity index is 344. The van der Waals surface area contributed by atoms with Gasteiger partial charge >= 0.3 is 6.03 Å². The molecule has 0 aromatic carbocycles. The predicted molar refractivity (Wildman–Crippen MR) is 70.8 cm³/mol. The molecule has 0 radical (unpaired) electrons. The summed E-state index contributed by atoms with van der Waals surface area (Å²) in [5, 5.41) is 15.2. The van der Waals surface area contributed by atoms with E-state index >= 15 is 0 Å². The average molecular weight is 268 g/mol. The number of rotatable bonds is 4. The van der Waals surface area contributed by atoms with Crippen LogP contribution in [0.1, 0.15) is 38.5 Å². The van der Waals surface area contributed by atoms with Gasteiger partial charge in [0.25, 0.3) is 0 Å². The summed E-state index contributed by atoms with van der Waals surface area (Å²) in [7, 11) is 0. The molecular weight excluding hydrogens is 244 g/mol. The fourth-order valence-electron chi connectivity index (χ4n) is 3.41. The number of carbonyl (C=O) groups is 1. The predicted octanol–water partition coefficient (Wildman–Crippen LogP) is 1.02. The number of aliphatic hydroxyl groups excluding tert-OH is 1. The Morgan fingerprint density at radius 3 is 2.89 bits per heavy atom. The molecule has 108 valence electrons. The first-order valence-corrected chi connectivity index (χ1v) is 7.49. The molecule has 3 fully saturated rings. The van der Waals surface area contributed by atoms with E-state index in [4.69, 9.17) is 4.74 Å². The van der Waals surface area contributed by atoms with Crippen molar-refractivity contribution in [3.8, 4) is 0 Å². The minimum atomic E-state index is -0.0859. The normalized spacial score (nSPS) is 35.5. The smallest absolute Gasteiger partial charge is 0.315 e. The lowest BCUT2D eigenvalue weighted by Gasteiger charge is -2.33. The van der Waals surface area contributed by atoms with Crippen LogP contribution in [-0.4, -0.2) is 43.0 Å². The number of nitrogens with one attached hydrogen (secondary N) is 2. The molecular formula is C14H24N2O3. The summed E-state index contributed by atoms with van der Waals surface area (Å²) in [5.41, 5.74) is -0.0249. The molecule has 2 amide bonds. The number of carbonyl (C=O) groups excluding carboxylic acids is 1. The van der Waals surface area contributed by atoms with Gasteiger partial charge in [0.05, 0.1) is 12.7 Å². The molecule has 2 saturated carbocycles. The summed E-state index contributed by atoms with van der Waals surface area (Å²) >= 11 is 0. The van der Waals surface area contributed by atoms with E-state index in [9.17, 15) is 9.90 Å². The molecule has 2 aliphatic carbocycles. The summed E-state index contributed by atoms with van der Waals surface area (Å²) in [6.45, 7) is 1.60. The number of hydrogen-bond acceptors (Lipinski definition) is 3. The molecule has 3 aliphatic rings. The molecule has 3 unspecified atom stereocenters. The highest BCUT2D eigenvalue weighted by Crippen LogP contribution is 2.44. The Labute approximate surface area is 114 Å². The third-order valence-corrected chi connectivity index (χ3v) is 5.01. The first-order valence-electron chi connectivity index (χ1n) is 7.49. The molecule has 5 heteroatoms. The van der Waals surface area contributed by atoms with E-state index in [1.54, 1.807) is 0 Å². The Morgan fingerprint density at radius 1 is 1.32 bits per heavy atom. The van der Waals surface area contributed by atoms with Crippen molar-refractivity contribution in [3.05, 3.63) is 0 Å². The lowest BCUT2D eigenvalue weighted by atomic mass is 9.82. The van der Waals surface area contributed by atoms with Gasteiger partial charge in [-0.2, -0.15) is 0 Å². The summed E-state index contributed by atoms with van der Waals surface area (Å²) in [6, 6.07) is 0.169. The van der Waals surface area contributed by atoms with Crippen molar-refractivity contribution in [3.63, 3.8) is 0 Å². The quantitative estimate of drug-likeness (QED) is 0.713. The Hall–Kier alpha value is -0.810. The lowest BCUT2D eigenvalue weighted by molar-refractivity contribution is 0.0549. The number of urea groups is 1. The standard InChI is InChI=1S/C14H24N2O3/c17-9-14(5-6-14)8-15-13(18)16-11-2-1-3-12-10(11)4-7-19-12/h10-12,17H,1-9H2,(H2,15,16,18). The third-order valence-electron chi connectivity index (χ3n) is 5.01. The highest BCUT2D eigenvalue weighted by Gasteiger charge is 2.42. The molecule has 1 saturated heterocycles. The lowest BCUT2D eigenvalue weighted by Crippen LogP contribution is -2.50. The highest BCUT2D eigenvalue weighted by molar-refractivity contribution is 5.74. The summed E-state index contributed by atoms with van der Waals surface area (Å²) in [4.78, 5) is 11.9. The first-order chi connectivity index (χ1) is 9.22. The van der Waals surface area contributed by atoms with Crippen molar-refractivity contribution < 1.29 is 14.6 Å².